The molecule has 0 radical (unpaired) electrons. The number of rotatable bonds is 7. The van der Waals surface area contributed by atoms with Gasteiger partial charge in [-0.3, -0.25) is 9.59 Å². The number of amides is 2. The Morgan fingerprint density at radius 3 is 2.19 bits per heavy atom. The fraction of sp³-hybridized carbons (Fsp3) is 0.391. The van der Waals surface area contributed by atoms with Crippen molar-refractivity contribution in [3.63, 3.8) is 0 Å². The molecule has 1 fully saturated rings. The summed E-state index contributed by atoms with van der Waals surface area (Å²) in [6.45, 7) is 7.02. The van der Waals surface area contributed by atoms with E-state index in [9.17, 15) is 9.59 Å². The average molecular weight is 364 g/mol. The highest BCUT2D eigenvalue weighted by atomic mass is 16.2. The van der Waals surface area contributed by atoms with Crippen molar-refractivity contribution in [2.75, 3.05) is 0 Å². The van der Waals surface area contributed by atoms with Crippen LogP contribution in [0, 0.1) is 12.3 Å². The Morgan fingerprint density at radius 1 is 1.00 bits per heavy atom. The highest BCUT2D eigenvalue weighted by molar-refractivity contribution is 6.07. The summed E-state index contributed by atoms with van der Waals surface area (Å²) < 4.78 is 0. The van der Waals surface area contributed by atoms with Gasteiger partial charge < -0.3 is 10.2 Å². The van der Waals surface area contributed by atoms with Gasteiger partial charge in [0.15, 0.2) is 0 Å². The molecule has 1 aliphatic rings. The second-order valence-corrected chi connectivity index (χ2v) is 7.76. The molecule has 2 amide bonds. The van der Waals surface area contributed by atoms with Crippen molar-refractivity contribution in [2.24, 2.45) is 5.41 Å². The van der Waals surface area contributed by atoms with E-state index in [0.717, 1.165) is 11.1 Å². The van der Waals surface area contributed by atoms with E-state index in [2.05, 4.69) is 5.32 Å². The molecule has 142 valence electrons. The van der Waals surface area contributed by atoms with Crippen LogP contribution in [0.25, 0.3) is 0 Å². The second-order valence-electron chi connectivity index (χ2n) is 7.76. The standard InChI is InChI=1S/C23H28N2O2/c1-17(2)25(16-20-7-5-4-6-8-20)22(27)23(13-14-23)21(26)24-15-19-11-9-18(3)10-12-19/h4-12,17H,13-16H2,1-3H3,(H,24,26). The lowest BCUT2D eigenvalue weighted by molar-refractivity contribution is -0.146. The van der Waals surface area contributed by atoms with Crippen LogP contribution in [0.2, 0.25) is 0 Å². The molecule has 1 saturated carbocycles. The van der Waals surface area contributed by atoms with Gasteiger partial charge in [-0.15, -0.1) is 0 Å². The first-order chi connectivity index (χ1) is 12.9. The molecule has 4 nitrogen and oxygen atoms in total. The molecule has 4 heteroatoms. The van der Waals surface area contributed by atoms with Gasteiger partial charge in [-0.05, 0) is 44.7 Å². The van der Waals surface area contributed by atoms with E-state index in [1.54, 1.807) is 0 Å². The number of nitrogens with zero attached hydrogens (tertiary/aromatic N) is 1. The minimum Gasteiger partial charge on any atom is -0.351 e. The predicted molar refractivity (Wildman–Crippen MR) is 107 cm³/mol. The molecule has 0 bridgehead atoms. The maximum atomic E-state index is 13.2. The van der Waals surface area contributed by atoms with Gasteiger partial charge in [-0.25, -0.2) is 0 Å². The van der Waals surface area contributed by atoms with E-state index >= 15 is 0 Å². The summed E-state index contributed by atoms with van der Waals surface area (Å²) >= 11 is 0. The molecule has 2 aromatic carbocycles. The fourth-order valence-electron chi connectivity index (χ4n) is 3.26. The Balaban J connectivity index is 1.67. The van der Waals surface area contributed by atoms with E-state index in [1.165, 1.54) is 5.56 Å². The predicted octanol–water partition coefficient (Wildman–Crippen LogP) is 3.83. The molecule has 27 heavy (non-hydrogen) atoms. The average Bonchev–Trinajstić information content (AvgIpc) is 3.47. The van der Waals surface area contributed by atoms with Gasteiger partial charge in [-0.1, -0.05) is 60.2 Å². The molecule has 1 N–H and O–H groups in total. The molecule has 2 aromatic rings. The zero-order valence-corrected chi connectivity index (χ0v) is 16.4. The van der Waals surface area contributed by atoms with Crippen LogP contribution in [-0.2, 0) is 22.7 Å². The van der Waals surface area contributed by atoms with Crippen molar-refractivity contribution >= 4 is 11.8 Å². The number of benzene rings is 2. The number of carbonyl (C=O) groups excluding carboxylic acids is 2. The smallest absolute Gasteiger partial charge is 0.238 e. The van der Waals surface area contributed by atoms with Gasteiger partial charge in [0.1, 0.15) is 5.41 Å². The maximum Gasteiger partial charge on any atom is 0.238 e. The molecular formula is C23H28N2O2. The van der Waals surface area contributed by atoms with E-state index in [4.69, 9.17) is 0 Å². The lowest BCUT2D eigenvalue weighted by Gasteiger charge is -2.30. The molecule has 0 saturated heterocycles. The quantitative estimate of drug-likeness (QED) is 0.759. The third-order valence-corrected chi connectivity index (χ3v) is 5.25. The number of nitrogens with one attached hydrogen (secondary N) is 1. The van der Waals surface area contributed by atoms with E-state index in [-0.39, 0.29) is 17.9 Å². The van der Waals surface area contributed by atoms with Crippen LogP contribution in [0.15, 0.2) is 54.6 Å². The van der Waals surface area contributed by atoms with E-state index in [0.29, 0.717) is 25.9 Å². The minimum absolute atomic E-state index is 0.0417. The van der Waals surface area contributed by atoms with Crippen molar-refractivity contribution in [3.05, 3.63) is 71.3 Å². The normalized spacial score (nSPS) is 14.7. The van der Waals surface area contributed by atoms with Crippen LogP contribution in [-0.4, -0.2) is 22.8 Å². The molecule has 0 unspecified atom stereocenters. The molecule has 0 heterocycles. The lowest BCUT2D eigenvalue weighted by atomic mass is 10.0. The zero-order chi connectivity index (χ0) is 19.4. The fourth-order valence-corrected chi connectivity index (χ4v) is 3.26. The van der Waals surface area contributed by atoms with Gasteiger partial charge in [0.2, 0.25) is 11.8 Å². The minimum atomic E-state index is -0.885. The van der Waals surface area contributed by atoms with Gasteiger partial charge in [0.05, 0.1) is 0 Å². The van der Waals surface area contributed by atoms with Crippen molar-refractivity contribution in [2.45, 2.75) is 52.7 Å². The van der Waals surface area contributed by atoms with Crippen LogP contribution >= 0.6 is 0 Å². The summed E-state index contributed by atoms with van der Waals surface area (Å²) in [5, 5.41) is 2.97. The topological polar surface area (TPSA) is 49.4 Å². The third kappa shape index (κ3) is 4.38. The van der Waals surface area contributed by atoms with Crippen LogP contribution in [0.1, 0.15) is 43.4 Å². The Bertz CT molecular complexity index is 793. The molecule has 1 aliphatic carbocycles. The first-order valence-electron chi connectivity index (χ1n) is 9.61. The largest absolute Gasteiger partial charge is 0.351 e. The summed E-state index contributed by atoms with van der Waals surface area (Å²) in [6, 6.07) is 18.0. The Labute approximate surface area is 161 Å². The summed E-state index contributed by atoms with van der Waals surface area (Å²) in [5.41, 5.74) is 2.43. The molecule has 0 aromatic heterocycles. The van der Waals surface area contributed by atoms with Crippen LogP contribution < -0.4 is 5.32 Å². The highest BCUT2D eigenvalue weighted by Gasteiger charge is 2.58. The van der Waals surface area contributed by atoms with Crippen LogP contribution in [0.5, 0.6) is 0 Å². The van der Waals surface area contributed by atoms with Crippen molar-refractivity contribution < 1.29 is 9.59 Å². The summed E-state index contributed by atoms with van der Waals surface area (Å²) in [5.74, 6) is -0.199. The SMILES string of the molecule is Cc1ccc(CNC(=O)C2(C(=O)N(Cc3ccccc3)C(C)C)CC2)cc1. The molecule has 0 atom stereocenters. The van der Waals surface area contributed by atoms with E-state index < -0.39 is 5.41 Å². The Kier molecular flexibility index (Phi) is 5.64. The number of hydrogen-bond acceptors (Lipinski definition) is 2. The second kappa shape index (κ2) is 7.95. The first kappa shape index (κ1) is 19.2. The molecule has 3 rings (SSSR count). The zero-order valence-electron chi connectivity index (χ0n) is 16.4. The summed E-state index contributed by atoms with van der Waals surface area (Å²) in [4.78, 5) is 27.9. The van der Waals surface area contributed by atoms with Gasteiger partial charge >= 0.3 is 0 Å². The molecular weight excluding hydrogens is 336 g/mol. The molecule has 0 spiro atoms. The Morgan fingerprint density at radius 2 is 1.63 bits per heavy atom. The Hall–Kier alpha value is -2.62. The monoisotopic (exact) mass is 364 g/mol. The number of hydrogen-bond donors (Lipinski definition) is 1. The third-order valence-electron chi connectivity index (χ3n) is 5.25. The first-order valence-corrected chi connectivity index (χ1v) is 9.61. The summed E-state index contributed by atoms with van der Waals surface area (Å²) in [7, 11) is 0. The number of aryl methyl sites for hydroxylation is 1. The maximum absolute atomic E-state index is 13.2. The van der Waals surface area contributed by atoms with Crippen molar-refractivity contribution in [3.8, 4) is 0 Å². The van der Waals surface area contributed by atoms with Gasteiger partial charge in [-0.2, -0.15) is 0 Å². The van der Waals surface area contributed by atoms with Crippen molar-refractivity contribution in [1.29, 1.82) is 0 Å². The van der Waals surface area contributed by atoms with E-state index in [1.807, 2.05) is 80.3 Å². The van der Waals surface area contributed by atoms with Crippen LogP contribution in [0.3, 0.4) is 0 Å². The van der Waals surface area contributed by atoms with Gasteiger partial charge in [0.25, 0.3) is 0 Å². The lowest BCUT2D eigenvalue weighted by Crippen LogP contribution is -2.47. The highest BCUT2D eigenvalue weighted by Crippen LogP contribution is 2.48. The van der Waals surface area contributed by atoms with Gasteiger partial charge in [0, 0.05) is 19.1 Å². The van der Waals surface area contributed by atoms with Crippen molar-refractivity contribution in [1.82, 2.24) is 10.2 Å². The summed E-state index contributed by atoms with van der Waals surface area (Å²) in [6.07, 6.45) is 1.26. The van der Waals surface area contributed by atoms with Crippen LogP contribution in [0.4, 0.5) is 0 Å². The molecule has 0 aliphatic heterocycles. The number of carbonyl (C=O) groups is 2.